The molecule has 17 heavy (non-hydrogen) atoms. The van der Waals surface area contributed by atoms with E-state index in [9.17, 15) is 13.2 Å². The van der Waals surface area contributed by atoms with Gasteiger partial charge in [-0.2, -0.15) is 13.2 Å². The van der Waals surface area contributed by atoms with E-state index in [1.54, 1.807) is 0 Å². The summed E-state index contributed by atoms with van der Waals surface area (Å²) in [6.07, 6.45) is -3.01. The first-order chi connectivity index (χ1) is 7.96. The molecule has 0 amide bonds. The number of aliphatic hydroxyl groups is 1. The van der Waals surface area contributed by atoms with Gasteiger partial charge in [-0.15, -0.1) is 0 Å². The van der Waals surface area contributed by atoms with Crippen molar-refractivity contribution in [2.45, 2.75) is 6.18 Å². The minimum Gasteiger partial charge on any atom is -0.495 e. The molecular weight excluding hydrogens is 237 g/mol. The zero-order chi connectivity index (χ0) is 12.9. The molecule has 0 aliphatic heterocycles. The van der Waals surface area contributed by atoms with E-state index in [4.69, 9.17) is 9.84 Å². The highest BCUT2D eigenvalue weighted by Crippen LogP contribution is 2.21. The monoisotopic (exact) mass is 250 g/mol. The number of ether oxygens (including phenoxy) is 1. The molecule has 0 saturated heterocycles. The van der Waals surface area contributed by atoms with E-state index in [0.717, 1.165) is 4.90 Å². The minimum absolute atomic E-state index is 0.126. The number of pyridine rings is 1. The highest BCUT2D eigenvalue weighted by molar-refractivity contribution is 5.41. The summed E-state index contributed by atoms with van der Waals surface area (Å²) in [6.45, 7) is -1.64. The third-order valence-corrected chi connectivity index (χ3v) is 2.02. The van der Waals surface area contributed by atoms with E-state index in [-0.39, 0.29) is 19.0 Å². The molecule has 0 saturated carbocycles. The van der Waals surface area contributed by atoms with E-state index in [0.29, 0.717) is 5.75 Å². The van der Waals surface area contributed by atoms with Gasteiger partial charge in [0.1, 0.15) is 18.1 Å². The van der Waals surface area contributed by atoms with Crippen LogP contribution >= 0.6 is 0 Å². The molecule has 0 aliphatic carbocycles. The van der Waals surface area contributed by atoms with Crippen molar-refractivity contribution in [3.63, 3.8) is 0 Å². The quantitative estimate of drug-likeness (QED) is 0.859. The number of anilines is 1. The molecule has 4 nitrogen and oxygen atoms in total. The van der Waals surface area contributed by atoms with Crippen molar-refractivity contribution >= 4 is 5.82 Å². The molecule has 0 aliphatic rings. The van der Waals surface area contributed by atoms with Crippen LogP contribution in [0.2, 0.25) is 0 Å². The lowest BCUT2D eigenvalue weighted by atomic mass is 10.4. The van der Waals surface area contributed by atoms with Crippen molar-refractivity contribution < 1.29 is 23.0 Å². The van der Waals surface area contributed by atoms with Crippen LogP contribution in [0, 0.1) is 0 Å². The molecule has 0 aromatic carbocycles. The van der Waals surface area contributed by atoms with E-state index in [1.807, 2.05) is 0 Å². The highest BCUT2D eigenvalue weighted by Gasteiger charge is 2.31. The third-order valence-electron chi connectivity index (χ3n) is 2.02. The Bertz CT molecular complexity index is 340. The summed E-state index contributed by atoms with van der Waals surface area (Å²) >= 11 is 0. The number of aromatic nitrogens is 1. The largest absolute Gasteiger partial charge is 0.495 e. The Hall–Kier alpha value is -1.50. The second-order valence-electron chi connectivity index (χ2n) is 3.32. The van der Waals surface area contributed by atoms with E-state index < -0.39 is 12.7 Å². The molecule has 0 unspecified atom stereocenters. The van der Waals surface area contributed by atoms with Crippen molar-refractivity contribution in [3.05, 3.63) is 18.3 Å². The Morgan fingerprint density at radius 3 is 2.53 bits per heavy atom. The summed E-state index contributed by atoms with van der Waals surface area (Å²) in [5.74, 6) is 0.613. The molecule has 0 atom stereocenters. The standard InChI is InChI=1S/C10H13F3N2O2/c1-17-8-2-3-9(14-6-8)15(4-5-16)7-10(11,12)13/h2-3,6,16H,4-5,7H2,1H3. The average molecular weight is 250 g/mol. The van der Waals surface area contributed by atoms with Gasteiger partial charge in [-0.1, -0.05) is 0 Å². The topological polar surface area (TPSA) is 45.6 Å². The van der Waals surface area contributed by atoms with Gasteiger partial charge in [-0.05, 0) is 12.1 Å². The van der Waals surface area contributed by atoms with Crippen LogP contribution in [0.25, 0.3) is 0 Å². The molecule has 96 valence electrons. The van der Waals surface area contributed by atoms with Crippen LogP contribution in [0.4, 0.5) is 19.0 Å². The zero-order valence-electron chi connectivity index (χ0n) is 9.24. The Kier molecular flexibility index (Phi) is 4.56. The molecule has 1 N–H and O–H groups in total. The first-order valence-electron chi connectivity index (χ1n) is 4.89. The van der Waals surface area contributed by atoms with Gasteiger partial charge in [0, 0.05) is 6.54 Å². The second-order valence-corrected chi connectivity index (χ2v) is 3.32. The second kappa shape index (κ2) is 5.72. The van der Waals surface area contributed by atoms with Gasteiger partial charge in [0.2, 0.25) is 0 Å². The maximum absolute atomic E-state index is 12.3. The molecule has 1 aromatic heterocycles. The zero-order valence-corrected chi connectivity index (χ0v) is 9.24. The van der Waals surface area contributed by atoms with E-state index >= 15 is 0 Å². The van der Waals surface area contributed by atoms with Crippen LogP contribution < -0.4 is 9.64 Å². The predicted octanol–water partition coefficient (Wildman–Crippen LogP) is 1.45. The normalized spacial score (nSPS) is 11.4. The maximum atomic E-state index is 12.3. The SMILES string of the molecule is COc1ccc(N(CCO)CC(F)(F)F)nc1. The summed E-state index contributed by atoms with van der Waals surface area (Å²) in [4.78, 5) is 4.80. The summed E-state index contributed by atoms with van der Waals surface area (Å²) in [5, 5.41) is 8.73. The molecular formula is C10H13F3N2O2. The molecule has 0 spiro atoms. The number of hydrogen-bond donors (Lipinski definition) is 1. The fraction of sp³-hybridized carbons (Fsp3) is 0.500. The number of rotatable bonds is 5. The van der Waals surface area contributed by atoms with Crippen molar-refractivity contribution in [1.29, 1.82) is 0 Å². The number of aliphatic hydroxyl groups excluding tert-OH is 1. The van der Waals surface area contributed by atoms with E-state index in [2.05, 4.69) is 4.98 Å². The number of alkyl halides is 3. The number of halogens is 3. The minimum atomic E-state index is -4.34. The first-order valence-corrected chi connectivity index (χ1v) is 4.89. The fourth-order valence-electron chi connectivity index (χ4n) is 1.29. The van der Waals surface area contributed by atoms with Crippen LogP contribution in [0.5, 0.6) is 5.75 Å². The number of nitrogens with zero attached hydrogens (tertiary/aromatic N) is 2. The van der Waals surface area contributed by atoms with Gasteiger partial charge < -0.3 is 14.7 Å². The smallest absolute Gasteiger partial charge is 0.405 e. The molecule has 1 aromatic rings. The molecule has 1 rings (SSSR count). The van der Waals surface area contributed by atoms with Crippen LogP contribution in [0.15, 0.2) is 18.3 Å². The third kappa shape index (κ3) is 4.48. The Balaban J connectivity index is 2.81. The van der Waals surface area contributed by atoms with Crippen molar-refractivity contribution in [1.82, 2.24) is 4.98 Å². The van der Waals surface area contributed by atoms with Gasteiger partial charge >= 0.3 is 6.18 Å². The van der Waals surface area contributed by atoms with Crippen molar-refractivity contribution in [2.75, 3.05) is 31.7 Å². The summed E-state index contributed by atoms with van der Waals surface area (Å²) in [6, 6.07) is 2.93. The summed E-state index contributed by atoms with van der Waals surface area (Å²) < 4.78 is 41.7. The van der Waals surface area contributed by atoms with Crippen molar-refractivity contribution in [2.24, 2.45) is 0 Å². The van der Waals surface area contributed by atoms with Crippen LogP contribution in [0.1, 0.15) is 0 Å². The summed E-state index contributed by atoms with van der Waals surface area (Å²) in [7, 11) is 1.44. The van der Waals surface area contributed by atoms with E-state index in [1.165, 1.54) is 25.4 Å². The highest BCUT2D eigenvalue weighted by atomic mass is 19.4. The average Bonchev–Trinajstić information content (AvgIpc) is 2.27. The van der Waals surface area contributed by atoms with Crippen molar-refractivity contribution in [3.8, 4) is 5.75 Å². The molecule has 0 bridgehead atoms. The van der Waals surface area contributed by atoms with Gasteiger partial charge in [-0.25, -0.2) is 4.98 Å². The fourth-order valence-corrected chi connectivity index (χ4v) is 1.29. The molecule has 0 fully saturated rings. The van der Waals surface area contributed by atoms with Gasteiger partial charge in [0.25, 0.3) is 0 Å². The van der Waals surface area contributed by atoms with Crippen LogP contribution in [-0.2, 0) is 0 Å². The molecule has 7 heteroatoms. The maximum Gasteiger partial charge on any atom is 0.405 e. The Morgan fingerprint density at radius 1 is 1.41 bits per heavy atom. The summed E-state index contributed by atoms with van der Waals surface area (Å²) in [5.41, 5.74) is 0. The Morgan fingerprint density at radius 2 is 2.12 bits per heavy atom. The van der Waals surface area contributed by atoms with Crippen LogP contribution in [-0.4, -0.2) is 43.1 Å². The number of methoxy groups -OCH3 is 1. The molecule has 0 radical (unpaired) electrons. The lowest BCUT2D eigenvalue weighted by molar-refractivity contribution is -0.119. The first kappa shape index (κ1) is 13.6. The molecule has 1 heterocycles. The van der Waals surface area contributed by atoms with Gasteiger partial charge in [0.05, 0.1) is 19.9 Å². The van der Waals surface area contributed by atoms with Crippen LogP contribution in [0.3, 0.4) is 0 Å². The lowest BCUT2D eigenvalue weighted by Crippen LogP contribution is -2.36. The predicted molar refractivity (Wildman–Crippen MR) is 56.1 cm³/mol. The lowest BCUT2D eigenvalue weighted by Gasteiger charge is -2.23. The number of hydrogen-bond acceptors (Lipinski definition) is 4. The Labute approximate surface area is 96.6 Å². The van der Waals surface area contributed by atoms with Gasteiger partial charge in [0.15, 0.2) is 0 Å². The van der Waals surface area contributed by atoms with Gasteiger partial charge in [-0.3, -0.25) is 0 Å².